The van der Waals surface area contributed by atoms with E-state index in [-0.39, 0.29) is 16.9 Å². The van der Waals surface area contributed by atoms with E-state index in [9.17, 15) is 9.59 Å². The highest BCUT2D eigenvalue weighted by Gasteiger charge is 2.16. The summed E-state index contributed by atoms with van der Waals surface area (Å²) in [5, 5.41) is 3.29. The molecule has 1 amide bonds. The quantitative estimate of drug-likeness (QED) is 0.679. The average molecular weight is 300 g/mol. The molecular weight excluding hydrogens is 284 g/mol. The first-order valence-corrected chi connectivity index (χ1v) is 7.44. The summed E-state index contributed by atoms with van der Waals surface area (Å²) >= 11 is 1.43. The van der Waals surface area contributed by atoms with Gasteiger partial charge in [-0.1, -0.05) is 17.8 Å². The normalized spacial score (nSPS) is 11.7. The SMILES string of the molecule is CC(=O)Nc1ccc(C(=O)[C@@H](C)Sc2ccccn2)cc1. The average Bonchev–Trinajstić information content (AvgIpc) is 2.47. The second-order valence-electron chi connectivity index (χ2n) is 4.55. The van der Waals surface area contributed by atoms with Gasteiger partial charge in [-0.3, -0.25) is 9.59 Å². The molecule has 2 aromatic rings. The molecular formula is C16H16N2O2S. The van der Waals surface area contributed by atoms with Gasteiger partial charge in [0.1, 0.15) is 0 Å². The summed E-state index contributed by atoms with van der Waals surface area (Å²) in [7, 11) is 0. The number of hydrogen-bond donors (Lipinski definition) is 1. The largest absolute Gasteiger partial charge is 0.326 e. The van der Waals surface area contributed by atoms with Gasteiger partial charge in [-0.2, -0.15) is 0 Å². The lowest BCUT2D eigenvalue weighted by atomic mass is 10.1. The number of aromatic nitrogens is 1. The molecule has 0 saturated carbocycles. The summed E-state index contributed by atoms with van der Waals surface area (Å²) in [6, 6.07) is 12.5. The molecule has 0 bridgehead atoms. The Morgan fingerprint density at radius 3 is 2.43 bits per heavy atom. The highest BCUT2D eigenvalue weighted by Crippen LogP contribution is 2.24. The number of pyridine rings is 1. The fourth-order valence-corrected chi connectivity index (χ4v) is 2.69. The van der Waals surface area contributed by atoms with Crippen molar-refractivity contribution in [3.05, 3.63) is 54.2 Å². The number of carbonyl (C=O) groups is 2. The monoisotopic (exact) mass is 300 g/mol. The lowest BCUT2D eigenvalue weighted by Crippen LogP contribution is -2.14. The first kappa shape index (κ1) is 15.3. The molecule has 0 radical (unpaired) electrons. The van der Waals surface area contributed by atoms with Crippen molar-refractivity contribution in [1.29, 1.82) is 0 Å². The molecule has 108 valence electrons. The Balaban J connectivity index is 2.03. The van der Waals surface area contributed by atoms with E-state index < -0.39 is 0 Å². The van der Waals surface area contributed by atoms with Gasteiger partial charge < -0.3 is 5.32 Å². The van der Waals surface area contributed by atoms with Crippen LogP contribution in [0.5, 0.6) is 0 Å². The van der Waals surface area contributed by atoms with Crippen LogP contribution in [-0.2, 0) is 4.79 Å². The first-order valence-electron chi connectivity index (χ1n) is 6.56. The molecule has 0 fully saturated rings. The Morgan fingerprint density at radius 2 is 1.86 bits per heavy atom. The van der Waals surface area contributed by atoms with Crippen LogP contribution in [0.15, 0.2) is 53.7 Å². The summed E-state index contributed by atoms with van der Waals surface area (Å²) in [6.07, 6.45) is 1.71. The number of nitrogens with one attached hydrogen (secondary N) is 1. The van der Waals surface area contributed by atoms with Gasteiger partial charge in [0.25, 0.3) is 0 Å². The summed E-state index contributed by atoms with van der Waals surface area (Å²) in [4.78, 5) is 27.5. The van der Waals surface area contributed by atoms with Crippen LogP contribution >= 0.6 is 11.8 Å². The maximum absolute atomic E-state index is 12.3. The molecule has 1 aromatic carbocycles. The summed E-state index contributed by atoms with van der Waals surface area (Å²) in [5.41, 5.74) is 1.31. The summed E-state index contributed by atoms with van der Waals surface area (Å²) < 4.78 is 0. The number of rotatable bonds is 5. The molecule has 5 heteroatoms. The summed E-state index contributed by atoms with van der Waals surface area (Å²) in [6.45, 7) is 3.31. The fraction of sp³-hybridized carbons (Fsp3) is 0.188. The van der Waals surface area contributed by atoms with E-state index in [1.54, 1.807) is 30.5 Å². The third-order valence-electron chi connectivity index (χ3n) is 2.79. The predicted molar refractivity (Wildman–Crippen MR) is 84.6 cm³/mol. The van der Waals surface area contributed by atoms with Crippen LogP contribution in [-0.4, -0.2) is 21.9 Å². The highest BCUT2D eigenvalue weighted by molar-refractivity contribution is 8.00. The van der Waals surface area contributed by atoms with Crippen LogP contribution in [0.4, 0.5) is 5.69 Å². The molecule has 0 aliphatic rings. The molecule has 2 rings (SSSR count). The van der Waals surface area contributed by atoms with E-state index in [1.807, 2.05) is 25.1 Å². The van der Waals surface area contributed by atoms with Crippen molar-refractivity contribution in [2.45, 2.75) is 24.1 Å². The van der Waals surface area contributed by atoms with Gasteiger partial charge in [0.05, 0.1) is 10.3 Å². The zero-order chi connectivity index (χ0) is 15.2. The predicted octanol–water partition coefficient (Wildman–Crippen LogP) is 3.40. The second-order valence-corrected chi connectivity index (χ2v) is 5.91. The van der Waals surface area contributed by atoms with Crippen LogP contribution in [0.25, 0.3) is 0 Å². The summed E-state index contributed by atoms with van der Waals surface area (Å²) in [5.74, 6) is -0.0896. The van der Waals surface area contributed by atoms with Crippen molar-refractivity contribution in [3.8, 4) is 0 Å². The van der Waals surface area contributed by atoms with Gasteiger partial charge in [-0.25, -0.2) is 4.98 Å². The fourth-order valence-electron chi connectivity index (χ4n) is 1.81. The second kappa shape index (κ2) is 7.04. The topological polar surface area (TPSA) is 59.1 Å². The molecule has 1 heterocycles. The van der Waals surface area contributed by atoms with E-state index in [1.165, 1.54) is 18.7 Å². The Morgan fingerprint density at radius 1 is 1.14 bits per heavy atom. The van der Waals surface area contributed by atoms with Crippen LogP contribution in [0, 0.1) is 0 Å². The number of ketones is 1. The van der Waals surface area contributed by atoms with Crippen LogP contribution in [0.1, 0.15) is 24.2 Å². The van der Waals surface area contributed by atoms with Gasteiger partial charge in [0, 0.05) is 24.4 Å². The van der Waals surface area contributed by atoms with Crippen molar-refractivity contribution < 1.29 is 9.59 Å². The Kier molecular flexibility index (Phi) is 5.11. The number of thioether (sulfide) groups is 1. The molecule has 4 nitrogen and oxygen atoms in total. The first-order chi connectivity index (χ1) is 10.1. The van der Waals surface area contributed by atoms with Crippen molar-refractivity contribution in [2.24, 2.45) is 0 Å². The number of nitrogens with zero attached hydrogens (tertiary/aromatic N) is 1. The molecule has 0 aliphatic heterocycles. The van der Waals surface area contributed by atoms with Gasteiger partial charge >= 0.3 is 0 Å². The van der Waals surface area contributed by atoms with Crippen molar-refractivity contribution >= 4 is 29.1 Å². The van der Waals surface area contributed by atoms with Crippen LogP contribution in [0.3, 0.4) is 0 Å². The molecule has 0 unspecified atom stereocenters. The number of carbonyl (C=O) groups excluding carboxylic acids is 2. The minimum absolute atomic E-state index is 0.0417. The van der Waals surface area contributed by atoms with E-state index in [0.29, 0.717) is 11.3 Å². The molecule has 1 atom stereocenters. The standard InChI is InChI=1S/C16H16N2O2S/c1-11(21-15-5-3-4-10-17-15)16(20)13-6-8-14(9-7-13)18-12(2)19/h3-11H,1-2H3,(H,18,19)/t11-/m1/s1. The van der Waals surface area contributed by atoms with Crippen molar-refractivity contribution in [1.82, 2.24) is 4.98 Å². The maximum Gasteiger partial charge on any atom is 0.221 e. The highest BCUT2D eigenvalue weighted by atomic mass is 32.2. The van der Waals surface area contributed by atoms with Gasteiger partial charge in [0.15, 0.2) is 5.78 Å². The van der Waals surface area contributed by atoms with E-state index in [4.69, 9.17) is 0 Å². The molecule has 21 heavy (non-hydrogen) atoms. The molecule has 0 aliphatic carbocycles. The Bertz CT molecular complexity index is 626. The van der Waals surface area contributed by atoms with Crippen LogP contribution < -0.4 is 5.32 Å². The van der Waals surface area contributed by atoms with Crippen LogP contribution in [0.2, 0.25) is 0 Å². The lowest BCUT2D eigenvalue weighted by molar-refractivity contribution is -0.114. The van der Waals surface area contributed by atoms with Crippen molar-refractivity contribution in [2.75, 3.05) is 5.32 Å². The Labute approximate surface area is 128 Å². The molecule has 1 N–H and O–H groups in total. The van der Waals surface area contributed by atoms with Gasteiger partial charge in [-0.15, -0.1) is 0 Å². The number of hydrogen-bond acceptors (Lipinski definition) is 4. The zero-order valence-electron chi connectivity index (χ0n) is 11.9. The third kappa shape index (κ3) is 4.43. The van der Waals surface area contributed by atoms with Gasteiger partial charge in [0.2, 0.25) is 5.91 Å². The zero-order valence-corrected chi connectivity index (χ0v) is 12.7. The van der Waals surface area contributed by atoms with E-state index >= 15 is 0 Å². The van der Waals surface area contributed by atoms with E-state index in [0.717, 1.165) is 5.03 Å². The minimum Gasteiger partial charge on any atom is -0.326 e. The number of benzene rings is 1. The lowest BCUT2D eigenvalue weighted by Gasteiger charge is -2.10. The number of anilines is 1. The number of amides is 1. The number of Topliss-reactive ketones (excluding diaryl/α,β-unsaturated/α-hetero) is 1. The van der Waals surface area contributed by atoms with Crippen molar-refractivity contribution in [3.63, 3.8) is 0 Å². The Hall–Kier alpha value is -2.14. The molecule has 1 aromatic heterocycles. The smallest absolute Gasteiger partial charge is 0.221 e. The molecule has 0 saturated heterocycles. The third-order valence-corrected chi connectivity index (χ3v) is 3.84. The molecule has 0 spiro atoms. The maximum atomic E-state index is 12.3. The van der Waals surface area contributed by atoms with Gasteiger partial charge in [-0.05, 0) is 43.3 Å². The van der Waals surface area contributed by atoms with E-state index in [2.05, 4.69) is 10.3 Å². The minimum atomic E-state index is -0.216.